The van der Waals surface area contributed by atoms with Gasteiger partial charge in [-0.1, -0.05) is 23.2 Å². The monoisotopic (exact) mass is 235 g/mol. The molecule has 80 valence electrons. The smallest absolute Gasteiger partial charge is 0.145 e. The average Bonchev–Trinajstić information content (AvgIpc) is 2.33. The molecule has 0 bridgehead atoms. The van der Waals surface area contributed by atoms with Crippen molar-refractivity contribution in [3.63, 3.8) is 0 Å². The highest BCUT2D eigenvalue weighted by Gasteiger charge is 2.14. The Kier molecular flexibility index (Phi) is 3.81. The predicted molar refractivity (Wildman–Crippen MR) is 59.8 cm³/mol. The second-order valence-electron chi connectivity index (χ2n) is 3.68. The largest absolute Gasteiger partial charge is 0.298 e. The third-order valence-corrected chi connectivity index (χ3v) is 3.20. The molecule has 3 nitrogen and oxygen atoms in total. The summed E-state index contributed by atoms with van der Waals surface area (Å²) in [6.45, 7) is 4.97. The molecule has 1 rings (SSSR count). The first-order chi connectivity index (χ1) is 6.43. The topological polar surface area (TPSA) is 21.1 Å². The Labute approximate surface area is 94.6 Å². The molecule has 5 heteroatoms. The molecule has 0 atom stereocenters. The number of aromatic nitrogens is 2. The van der Waals surface area contributed by atoms with Crippen LogP contribution < -0.4 is 0 Å². The second-order valence-corrected chi connectivity index (χ2v) is 4.42. The van der Waals surface area contributed by atoms with Crippen molar-refractivity contribution in [3.8, 4) is 0 Å². The SMILES string of the molecule is CC(C)N(C)Cc1nn(C)c(Cl)c1Cl. The van der Waals surface area contributed by atoms with Crippen LogP contribution in [0.3, 0.4) is 0 Å². The summed E-state index contributed by atoms with van der Waals surface area (Å²) in [7, 11) is 3.82. The molecule has 0 radical (unpaired) electrons. The van der Waals surface area contributed by atoms with Crippen molar-refractivity contribution < 1.29 is 0 Å². The Hall–Kier alpha value is -0.250. The molecule has 0 aliphatic heterocycles. The first-order valence-corrected chi connectivity index (χ1v) is 5.26. The minimum Gasteiger partial charge on any atom is -0.298 e. The van der Waals surface area contributed by atoms with Crippen LogP contribution in [0.15, 0.2) is 0 Å². The van der Waals surface area contributed by atoms with E-state index in [0.717, 1.165) is 12.2 Å². The Morgan fingerprint density at radius 1 is 1.43 bits per heavy atom. The summed E-state index contributed by atoms with van der Waals surface area (Å²) in [5.41, 5.74) is 0.829. The van der Waals surface area contributed by atoms with Gasteiger partial charge in [0.2, 0.25) is 0 Å². The average molecular weight is 236 g/mol. The van der Waals surface area contributed by atoms with Crippen molar-refractivity contribution in [2.75, 3.05) is 7.05 Å². The molecule has 0 aliphatic rings. The molecule has 0 unspecified atom stereocenters. The zero-order chi connectivity index (χ0) is 10.9. The second kappa shape index (κ2) is 4.51. The molecule has 0 aliphatic carbocycles. The number of aryl methyl sites for hydroxylation is 1. The first-order valence-electron chi connectivity index (χ1n) is 4.50. The zero-order valence-corrected chi connectivity index (χ0v) is 10.4. The van der Waals surface area contributed by atoms with E-state index in [1.807, 2.05) is 7.05 Å². The van der Waals surface area contributed by atoms with E-state index in [4.69, 9.17) is 23.2 Å². The Bertz CT molecular complexity index is 320. The maximum absolute atomic E-state index is 6.02. The molecule has 1 aromatic heterocycles. The van der Waals surface area contributed by atoms with E-state index in [0.29, 0.717) is 16.2 Å². The molecular formula is C9H15Cl2N3. The summed E-state index contributed by atoms with van der Waals surface area (Å²) in [6.07, 6.45) is 0. The van der Waals surface area contributed by atoms with Crippen LogP contribution in [0.1, 0.15) is 19.5 Å². The maximum atomic E-state index is 6.02. The van der Waals surface area contributed by atoms with Crippen LogP contribution in [-0.2, 0) is 13.6 Å². The lowest BCUT2D eigenvalue weighted by Crippen LogP contribution is -2.25. The lowest BCUT2D eigenvalue weighted by molar-refractivity contribution is 0.262. The molecular weight excluding hydrogens is 221 g/mol. The summed E-state index contributed by atoms with van der Waals surface area (Å²) in [5, 5.41) is 5.30. The maximum Gasteiger partial charge on any atom is 0.145 e. The van der Waals surface area contributed by atoms with Crippen LogP contribution in [0, 0.1) is 0 Å². The van der Waals surface area contributed by atoms with E-state index < -0.39 is 0 Å². The summed E-state index contributed by atoms with van der Waals surface area (Å²) in [4.78, 5) is 2.16. The van der Waals surface area contributed by atoms with E-state index in [2.05, 4.69) is 23.8 Å². The van der Waals surface area contributed by atoms with E-state index in [1.54, 1.807) is 11.7 Å². The molecule has 0 amide bonds. The molecule has 14 heavy (non-hydrogen) atoms. The van der Waals surface area contributed by atoms with Crippen molar-refractivity contribution in [2.24, 2.45) is 7.05 Å². The van der Waals surface area contributed by atoms with Gasteiger partial charge in [0.15, 0.2) is 0 Å². The number of hydrogen-bond donors (Lipinski definition) is 0. The first kappa shape index (κ1) is 11.8. The summed E-state index contributed by atoms with van der Waals surface area (Å²) in [5.74, 6) is 0. The third-order valence-electron chi connectivity index (χ3n) is 2.27. The molecule has 0 fully saturated rings. The number of nitrogens with zero attached hydrogens (tertiary/aromatic N) is 3. The molecule has 1 heterocycles. The van der Waals surface area contributed by atoms with Crippen LogP contribution in [0.4, 0.5) is 0 Å². The van der Waals surface area contributed by atoms with Crippen LogP contribution >= 0.6 is 23.2 Å². The standard InChI is InChI=1S/C9H15Cl2N3/c1-6(2)13(3)5-7-8(10)9(11)14(4)12-7/h6H,5H2,1-4H3. The normalized spacial score (nSPS) is 11.7. The molecule has 1 aromatic rings. The van der Waals surface area contributed by atoms with E-state index in [9.17, 15) is 0 Å². The summed E-state index contributed by atoms with van der Waals surface area (Å²) in [6, 6.07) is 0.465. The van der Waals surface area contributed by atoms with Crippen molar-refractivity contribution >= 4 is 23.2 Å². The van der Waals surface area contributed by atoms with Gasteiger partial charge in [0.25, 0.3) is 0 Å². The highest BCUT2D eigenvalue weighted by atomic mass is 35.5. The summed E-state index contributed by atoms with van der Waals surface area (Å²) < 4.78 is 1.59. The van der Waals surface area contributed by atoms with Crippen LogP contribution in [0.5, 0.6) is 0 Å². The van der Waals surface area contributed by atoms with Crippen molar-refractivity contribution in [1.82, 2.24) is 14.7 Å². The van der Waals surface area contributed by atoms with Crippen molar-refractivity contribution in [3.05, 3.63) is 15.9 Å². The van der Waals surface area contributed by atoms with Gasteiger partial charge in [0.05, 0.1) is 5.69 Å². The van der Waals surface area contributed by atoms with Gasteiger partial charge >= 0.3 is 0 Å². The highest BCUT2D eigenvalue weighted by Crippen LogP contribution is 2.25. The zero-order valence-electron chi connectivity index (χ0n) is 8.88. The fraction of sp³-hybridized carbons (Fsp3) is 0.667. The number of halogens is 2. The van der Waals surface area contributed by atoms with Crippen molar-refractivity contribution in [1.29, 1.82) is 0 Å². The quantitative estimate of drug-likeness (QED) is 0.804. The Balaban J connectivity index is 2.82. The van der Waals surface area contributed by atoms with E-state index in [1.165, 1.54) is 0 Å². The Morgan fingerprint density at radius 2 is 2.00 bits per heavy atom. The minimum atomic E-state index is 0.465. The van der Waals surface area contributed by atoms with E-state index >= 15 is 0 Å². The van der Waals surface area contributed by atoms with Crippen LogP contribution in [0.25, 0.3) is 0 Å². The minimum absolute atomic E-state index is 0.465. The van der Waals surface area contributed by atoms with Gasteiger partial charge in [-0.2, -0.15) is 5.10 Å². The molecule has 0 saturated carbocycles. The molecule has 0 saturated heterocycles. The lowest BCUT2D eigenvalue weighted by Gasteiger charge is -2.19. The molecule has 0 aromatic carbocycles. The number of rotatable bonds is 3. The van der Waals surface area contributed by atoms with Crippen LogP contribution in [-0.4, -0.2) is 27.8 Å². The van der Waals surface area contributed by atoms with Gasteiger partial charge < -0.3 is 0 Å². The van der Waals surface area contributed by atoms with Gasteiger partial charge in [-0.05, 0) is 20.9 Å². The molecule has 0 N–H and O–H groups in total. The lowest BCUT2D eigenvalue weighted by atomic mass is 10.3. The number of hydrogen-bond acceptors (Lipinski definition) is 2. The summed E-state index contributed by atoms with van der Waals surface area (Å²) >= 11 is 11.9. The van der Waals surface area contributed by atoms with E-state index in [-0.39, 0.29) is 0 Å². The Morgan fingerprint density at radius 3 is 2.36 bits per heavy atom. The molecule has 0 spiro atoms. The fourth-order valence-corrected chi connectivity index (χ4v) is 1.42. The van der Waals surface area contributed by atoms with Gasteiger partial charge in [-0.15, -0.1) is 0 Å². The fourth-order valence-electron chi connectivity index (χ4n) is 1.05. The van der Waals surface area contributed by atoms with Gasteiger partial charge in [0.1, 0.15) is 10.2 Å². The van der Waals surface area contributed by atoms with Crippen LogP contribution in [0.2, 0.25) is 10.2 Å². The van der Waals surface area contributed by atoms with Gasteiger partial charge in [-0.25, -0.2) is 0 Å². The van der Waals surface area contributed by atoms with Gasteiger partial charge in [0, 0.05) is 19.6 Å². The van der Waals surface area contributed by atoms with Crippen molar-refractivity contribution in [2.45, 2.75) is 26.4 Å². The third kappa shape index (κ3) is 2.41. The van der Waals surface area contributed by atoms with Gasteiger partial charge in [-0.3, -0.25) is 9.58 Å². The highest BCUT2D eigenvalue weighted by molar-refractivity contribution is 6.41. The predicted octanol–water partition coefficient (Wildman–Crippen LogP) is 2.57.